The summed E-state index contributed by atoms with van der Waals surface area (Å²) in [7, 11) is 1.67. The molecule has 0 saturated carbocycles. The summed E-state index contributed by atoms with van der Waals surface area (Å²) in [4.78, 5) is 16.0. The summed E-state index contributed by atoms with van der Waals surface area (Å²) in [5.74, 6) is -0.0284. The highest BCUT2D eigenvalue weighted by Crippen LogP contribution is 2.44. The summed E-state index contributed by atoms with van der Waals surface area (Å²) in [6.45, 7) is 0. The maximum Gasteiger partial charge on any atom is 0.416 e. The highest BCUT2D eigenvalue weighted by atomic mass is 19.4. The molecule has 0 unspecified atom stereocenters. The van der Waals surface area contributed by atoms with Crippen LogP contribution in [0.15, 0.2) is 54.7 Å². The van der Waals surface area contributed by atoms with Crippen molar-refractivity contribution in [3.05, 3.63) is 65.9 Å². The zero-order valence-electron chi connectivity index (χ0n) is 13.6. The molecule has 8 heteroatoms. The van der Waals surface area contributed by atoms with Crippen molar-refractivity contribution in [1.82, 2.24) is 10.2 Å². The van der Waals surface area contributed by atoms with Gasteiger partial charge >= 0.3 is 6.18 Å². The second kappa shape index (κ2) is 5.62. The largest absolute Gasteiger partial charge is 0.416 e. The number of carbonyl (C=O) groups excluding carboxylic acids is 1. The Balaban J connectivity index is 2.01. The van der Waals surface area contributed by atoms with Gasteiger partial charge in [-0.2, -0.15) is 18.3 Å². The van der Waals surface area contributed by atoms with Crippen molar-refractivity contribution in [1.29, 1.82) is 0 Å². The first-order chi connectivity index (χ1) is 12.4. The van der Waals surface area contributed by atoms with E-state index >= 15 is 0 Å². The lowest BCUT2D eigenvalue weighted by molar-refractivity contribution is -0.137. The number of fused-ring (bicyclic) bond motifs is 2. The Morgan fingerprint density at radius 2 is 1.77 bits per heavy atom. The van der Waals surface area contributed by atoms with Gasteiger partial charge < -0.3 is 4.90 Å². The molecule has 0 saturated heterocycles. The van der Waals surface area contributed by atoms with Crippen LogP contribution in [0.5, 0.6) is 0 Å². The third kappa shape index (κ3) is 2.42. The molecule has 0 radical (unpaired) electrons. The number of carbonyl (C=O) groups is 1. The molecule has 0 atom stereocenters. The van der Waals surface area contributed by atoms with Crippen molar-refractivity contribution in [3.8, 4) is 0 Å². The lowest BCUT2D eigenvalue weighted by Gasteiger charge is -2.25. The zero-order chi connectivity index (χ0) is 18.5. The number of H-pyrrole nitrogens is 1. The average Bonchev–Trinajstić information content (AvgIpc) is 3.08. The average molecular weight is 358 g/mol. The number of hydrogen-bond donors (Lipinski definition) is 1. The first kappa shape index (κ1) is 16.2. The van der Waals surface area contributed by atoms with Gasteiger partial charge in [0.1, 0.15) is 11.4 Å². The fraction of sp³-hybridized carbons (Fsp3) is 0.111. The van der Waals surface area contributed by atoms with Crippen LogP contribution in [0.25, 0.3) is 0 Å². The van der Waals surface area contributed by atoms with Crippen LogP contribution < -0.4 is 9.80 Å². The van der Waals surface area contributed by atoms with Gasteiger partial charge in [0.25, 0.3) is 5.91 Å². The van der Waals surface area contributed by atoms with Crippen LogP contribution in [-0.4, -0.2) is 23.2 Å². The van der Waals surface area contributed by atoms with Crippen LogP contribution in [0.3, 0.4) is 0 Å². The monoisotopic (exact) mass is 358 g/mol. The van der Waals surface area contributed by atoms with Crippen molar-refractivity contribution < 1.29 is 18.0 Å². The maximum absolute atomic E-state index is 13.3. The van der Waals surface area contributed by atoms with Crippen LogP contribution in [0, 0.1) is 0 Å². The Bertz CT molecular complexity index is 982. The molecule has 3 aromatic rings. The minimum Gasteiger partial charge on any atom is -0.327 e. The van der Waals surface area contributed by atoms with Crippen LogP contribution >= 0.6 is 0 Å². The van der Waals surface area contributed by atoms with Gasteiger partial charge in [0.15, 0.2) is 0 Å². The number of alkyl halides is 3. The number of rotatable bonds is 1. The highest BCUT2D eigenvalue weighted by molar-refractivity contribution is 6.17. The van der Waals surface area contributed by atoms with Crippen molar-refractivity contribution in [2.75, 3.05) is 16.8 Å². The van der Waals surface area contributed by atoms with Gasteiger partial charge in [-0.15, -0.1) is 0 Å². The molecule has 1 aliphatic heterocycles. The predicted molar refractivity (Wildman–Crippen MR) is 91.0 cm³/mol. The molecule has 26 heavy (non-hydrogen) atoms. The Morgan fingerprint density at radius 1 is 1.04 bits per heavy atom. The summed E-state index contributed by atoms with van der Waals surface area (Å²) in [5, 5.41) is 6.65. The van der Waals surface area contributed by atoms with Crippen LogP contribution in [-0.2, 0) is 6.18 Å². The number of anilines is 4. The van der Waals surface area contributed by atoms with E-state index in [9.17, 15) is 18.0 Å². The Kier molecular flexibility index (Phi) is 3.50. The van der Waals surface area contributed by atoms with E-state index in [2.05, 4.69) is 10.2 Å². The second-order valence-electron chi connectivity index (χ2n) is 5.87. The van der Waals surface area contributed by atoms with Gasteiger partial charge in [0.05, 0.1) is 23.1 Å². The molecule has 0 bridgehead atoms. The van der Waals surface area contributed by atoms with E-state index < -0.39 is 17.6 Å². The molecule has 2 heterocycles. The third-order valence-corrected chi connectivity index (χ3v) is 4.31. The number of nitrogens with one attached hydrogen (secondary N) is 1. The maximum atomic E-state index is 13.3. The van der Waals surface area contributed by atoms with Gasteiger partial charge in [-0.1, -0.05) is 18.2 Å². The van der Waals surface area contributed by atoms with E-state index in [1.54, 1.807) is 42.3 Å². The molecule has 5 nitrogen and oxygen atoms in total. The smallest absolute Gasteiger partial charge is 0.327 e. The minimum atomic E-state index is -4.51. The van der Waals surface area contributed by atoms with E-state index in [-0.39, 0.29) is 11.3 Å². The molecule has 2 aromatic carbocycles. The fourth-order valence-electron chi connectivity index (χ4n) is 3.04. The highest BCUT2D eigenvalue weighted by Gasteiger charge is 2.36. The second-order valence-corrected chi connectivity index (χ2v) is 5.87. The number of halogens is 3. The topological polar surface area (TPSA) is 52.2 Å². The molecule has 0 fully saturated rings. The van der Waals surface area contributed by atoms with Crippen LogP contribution in [0.1, 0.15) is 15.9 Å². The van der Waals surface area contributed by atoms with E-state index in [0.29, 0.717) is 17.2 Å². The number of benzene rings is 2. The number of para-hydroxylation sites is 1. The van der Waals surface area contributed by atoms with Gasteiger partial charge in [0, 0.05) is 12.7 Å². The summed E-state index contributed by atoms with van der Waals surface area (Å²) in [6.07, 6.45) is -3.14. The van der Waals surface area contributed by atoms with Crippen molar-refractivity contribution in [2.45, 2.75) is 6.18 Å². The van der Waals surface area contributed by atoms with Gasteiger partial charge in [-0.3, -0.25) is 14.8 Å². The van der Waals surface area contributed by atoms with E-state index in [1.807, 2.05) is 0 Å². The minimum absolute atomic E-state index is 0.156. The number of hydrogen-bond acceptors (Lipinski definition) is 3. The Hall–Kier alpha value is -3.29. The summed E-state index contributed by atoms with van der Waals surface area (Å²) in [6, 6.07) is 11.9. The lowest BCUT2D eigenvalue weighted by Crippen LogP contribution is -2.25. The molecule has 0 aliphatic carbocycles. The zero-order valence-corrected chi connectivity index (χ0v) is 13.6. The molecule has 1 amide bonds. The quantitative estimate of drug-likeness (QED) is 0.697. The van der Waals surface area contributed by atoms with E-state index in [0.717, 1.165) is 12.1 Å². The van der Waals surface area contributed by atoms with Crippen LogP contribution in [0.2, 0.25) is 0 Å². The number of aromatic nitrogens is 2. The molecule has 1 aliphatic rings. The number of amides is 1. The van der Waals surface area contributed by atoms with Gasteiger partial charge in [0.2, 0.25) is 0 Å². The van der Waals surface area contributed by atoms with Crippen molar-refractivity contribution in [2.24, 2.45) is 0 Å². The lowest BCUT2D eigenvalue weighted by atomic mass is 10.1. The summed E-state index contributed by atoms with van der Waals surface area (Å²) >= 11 is 0. The van der Waals surface area contributed by atoms with E-state index in [4.69, 9.17) is 0 Å². The first-order valence-electron chi connectivity index (χ1n) is 7.76. The fourth-order valence-corrected chi connectivity index (χ4v) is 3.04. The molecule has 132 valence electrons. The molecular weight excluding hydrogens is 345 g/mol. The molecule has 4 rings (SSSR count). The molecule has 0 spiro atoms. The van der Waals surface area contributed by atoms with Crippen LogP contribution in [0.4, 0.5) is 36.1 Å². The Morgan fingerprint density at radius 3 is 2.46 bits per heavy atom. The molecule has 1 N–H and O–H groups in total. The molecule has 1 aromatic heterocycles. The van der Waals surface area contributed by atoms with Gasteiger partial charge in [-0.25, -0.2) is 0 Å². The van der Waals surface area contributed by atoms with E-state index in [1.165, 1.54) is 17.2 Å². The molecular formula is C18H13F3N4O. The predicted octanol–water partition coefficient (Wildman–Crippen LogP) is 4.49. The SMILES string of the molecule is CN1c2ccc(C(F)(F)F)cc2N(c2ccccc2)C(=O)c2cn[nH]c21. The number of nitrogens with zero attached hydrogens (tertiary/aromatic N) is 3. The normalized spacial score (nSPS) is 14.1. The summed E-state index contributed by atoms with van der Waals surface area (Å²) in [5.41, 5.74) is 0.546. The number of aromatic amines is 1. The Labute approximate surface area is 146 Å². The standard InChI is InChI=1S/C18H13F3N4O/c1-24-14-8-7-11(18(19,20)21)9-15(14)25(12-5-3-2-4-6-12)17(26)13-10-22-23-16(13)24/h2-10H,1H3,(H,22,23). The first-order valence-corrected chi connectivity index (χ1v) is 7.76. The van der Waals surface area contributed by atoms with Crippen molar-refractivity contribution >= 4 is 28.8 Å². The summed E-state index contributed by atoms with van der Waals surface area (Å²) < 4.78 is 39.8. The third-order valence-electron chi connectivity index (χ3n) is 4.31. The van der Waals surface area contributed by atoms with Crippen molar-refractivity contribution in [3.63, 3.8) is 0 Å². The van der Waals surface area contributed by atoms with Gasteiger partial charge in [-0.05, 0) is 30.3 Å².